The number of nitrogens with one attached hydrogen (secondary N) is 1. The normalized spacial score (nSPS) is 14.4. The first-order valence-electron chi connectivity index (χ1n) is 9.38. The van der Waals surface area contributed by atoms with E-state index in [9.17, 15) is 14.7 Å². The predicted molar refractivity (Wildman–Crippen MR) is 106 cm³/mol. The van der Waals surface area contributed by atoms with Gasteiger partial charge in [-0.2, -0.15) is 0 Å². The second-order valence-corrected chi connectivity index (χ2v) is 6.94. The third kappa shape index (κ3) is 3.02. The van der Waals surface area contributed by atoms with E-state index in [1.54, 1.807) is 25.2 Å². The number of hydrogen-bond acceptors (Lipinski definition) is 7. The van der Waals surface area contributed by atoms with Crippen LogP contribution in [0.15, 0.2) is 18.2 Å². The van der Waals surface area contributed by atoms with Crippen molar-refractivity contribution in [2.45, 2.75) is 13.0 Å². The van der Waals surface area contributed by atoms with E-state index in [0.29, 0.717) is 41.3 Å². The van der Waals surface area contributed by atoms with Crippen LogP contribution in [0.1, 0.15) is 31.8 Å². The van der Waals surface area contributed by atoms with E-state index in [2.05, 4.69) is 5.32 Å². The lowest BCUT2D eigenvalue weighted by atomic mass is 9.91. The Labute approximate surface area is 173 Å². The molecule has 9 nitrogen and oxygen atoms in total. The van der Waals surface area contributed by atoms with Crippen LogP contribution in [0.4, 0.5) is 0 Å². The van der Waals surface area contributed by atoms with Gasteiger partial charge in [-0.25, -0.2) is 0 Å². The molecule has 0 bridgehead atoms. The van der Waals surface area contributed by atoms with E-state index in [1.165, 1.54) is 19.1 Å². The fourth-order valence-corrected chi connectivity index (χ4v) is 3.82. The van der Waals surface area contributed by atoms with E-state index in [0.717, 1.165) is 0 Å². The van der Waals surface area contributed by atoms with Crippen molar-refractivity contribution in [1.29, 1.82) is 0 Å². The molecule has 0 fully saturated rings. The fraction of sp³-hybridized carbons (Fsp3) is 0.333. The van der Waals surface area contributed by atoms with Gasteiger partial charge in [-0.1, -0.05) is 6.07 Å². The van der Waals surface area contributed by atoms with Gasteiger partial charge >= 0.3 is 0 Å². The van der Waals surface area contributed by atoms with Gasteiger partial charge in [0.2, 0.25) is 12.5 Å². The Bertz CT molecular complexity index is 1010. The molecule has 0 aliphatic carbocycles. The van der Waals surface area contributed by atoms with E-state index in [4.69, 9.17) is 18.9 Å². The third-order valence-corrected chi connectivity index (χ3v) is 5.34. The zero-order valence-electron chi connectivity index (χ0n) is 16.9. The topological polar surface area (TPSA) is 107 Å². The average Bonchev–Trinajstić information content (AvgIpc) is 3.25. The minimum atomic E-state index is -0.405. The highest BCUT2D eigenvalue weighted by atomic mass is 16.7. The largest absolute Gasteiger partial charge is 0.504 e. The SMILES string of the molecule is COc1cccc(OC)c1C(=O)NCc1c2c(c(O)c3c1OCO3)C(=O)N(C)CC2. The summed E-state index contributed by atoms with van der Waals surface area (Å²) in [6.45, 7) is 0.495. The van der Waals surface area contributed by atoms with Crippen LogP contribution in [0, 0.1) is 0 Å². The maximum Gasteiger partial charge on any atom is 0.259 e. The molecule has 0 spiro atoms. The Morgan fingerprint density at radius 2 is 1.87 bits per heavy atom. The van der Waals surface area contributed by atoms with Crippen molar-refractivity contribution in [3.05, 3.63) is 40.5 Å². The molecule has 2 aliphatic heterocycles. The highest BCUT2D eigenvalue weighted by Gasteiger charge is 2.35. The van der Waals surface area contributed by atoms with Crippen molar-refractivity contribution in [1.82, 2.24) is 10.2 Å². The number of benzene rings is 2. The zero-order valence-corrected chi connectivity index (χ0v) is 16.9. The first-order valence-corrected chi connectivity index (χ1v) is 9.38. The molecule has 2 heterocycles. The van der Waals surface area contributed by atoms with Crippen molar-refractivity contribution in [2.24, 2.45) is 0 Å². The number of phenols is 1. The lowest BCUT2D eigenvalue weighted by Crippen LogP contribution is -2.35. The average molecular weight is 414 g/mol. The first-order chi connectivity index (χ1) is 14.5. The number of nitrogens with zero attached hydrogens (tertiary/aromatic N) is 1. The van der Waals surface area contributed by atoms with Gasteiger partial charge in [-0.3, -0.25) is 9.59 Å². The molecule has 0 saturated heterocycles. The van der Waals surface area contributed by atoms with Crippen LogP contribution in [0.3, 0.4) is 0 Å². The number of carbonyl (C=O) groups is 2. The summed E-state index contributed by atoms with van der Waals surface area (Å²) >= 11 is 0. The van der Waals surface area contributed by atoms with Crippen LogP contribution in [0.25, 0.3) is 0 Å². The van der Waals surface area contributed by atoms with Crippen molar-refractivity contribution in [2.75, 3.05) is 34.6 Å². The summed E-state index contributed by atoms with van der Waals surface area (Å²) in [5, 5.41) is 13.4. The molecule has 0 radical (unpaired) electrons. The number of rotatable bonds is 5. The number of likely N-dealkylation sites (N-methyl/N-ethyl adjacent to an activating group) is 1. The summed E-state index contributed by atoms with van der Waals surface area (Å²) < 4.78 is 21.5. The van der Waals surface area contributed by atoms with Gasteiger partial charge in [0, 0.05) is 25.7 Å². The van der Waals surface area contributed by atoms with Crippen LogP contribution in [0.2, 0.25) is 0 Å². The minimum absolute atomic E-state index is 0.0723. The highest BCUT2D eigenvalue weighted by molar-refractivity contribution is 6.02. The number of amides is 2. The van der Waals surface area contributed by atoms with Crippen molar-refractivity contribution in [3.8, 4) is 28.7 Å². The van der Waals surface area contributed by atoms with E-state index in [-0.39, 0.29) is 41.9 Å². The molecule has 0 atom stereocenters. The van der Waals surface area contributed by atoms with Crippen LogP contribution in [0.5, 0.6) is 28.7 Å². The number of methoxy groups -OCH3 is 2. The van der Waals surface area contributed by atoms with Crippen molar-refractivity contribution in [3.63, 3.8) is 0 Å². The second kappa shape index (κ2) is 7.66. The lowest BCUT2D eigenvalue weighted by Gasteiger charge is -2.28. The molecule has 30 heavy (non-hydrogen) atoms. The summed E-state index contributed by atoms with van der Waals surface area (Å²) in [5.41, 5.74) is 1.71. The summed E-state index contributed by atoms with van der Waals surface area (Å²) in [6, 6.07) is 5.07. The maximum absolute atomic E-state index is 13.0. The molecule has 2 N–H and O–H groups in total. The van der Waals surface area contributed by atoms with Gasteiger partial charge in [0.15, 0.2) is 11.5 Å². The first kappa shape index (κ1) is 19.7. The summed E-state index contributed by atoms with van der Waals surface area (Å²) in [6.07, 6.45) is 0.519. The Morgan fingerprint density at radius 3 is 2.53 bits per heavy atom. The van der Waals surface area contributed by atoms with Gasteiger partial charge in [0.1, 0.15) is 17.1 Å². The second-order valence-electron chi connectivity index (χ2n) is 6.94. The van der Waals surface area contributed by atoms with E-state index >= 15 is 0 Å². The molecule has 2 aromatic rings. The monoisotopic (exact) mass is 414 g/mol. The standard InChI is InChI=1S/C21H22N2O7/c1-23-8-7-11-12(18-19(30-10-29-18)17(24)15(11)21(23)26)9-22-20(25)16-13(27-2)5-4-6-14(16)28-3/h4-6,24H,7-10H2,1-3H3,(H,22,25). The molecule has 158 valence electrons. The molecule has 9 heteroatoms. The minimum Gasteiger partial charge on any atom is -0.504 e. The van der Waals surface area contributed by atoms with Crippen molar-refractivity contribution < 1.29 is 33.6 Å². The number of fused-ring (bicyclic) bond motifs is 2. The number of ether oxygens (including phenoxy) is 4. The van der Waals surface area contributed by atoms with Gasteiger partial charge in [-0.05, 0) is 24.1 Å². The molecule has 0 unspecified atom stereocenters. The number of aromatic hydroxyl groups is 1. The van der Waals surface area contributed by atoms with E-state index < -0.39 is 5.91 Å². The molecule has 2 amide bonds. The van der Waals surface area contributed by atoms with Gasteiger partial charge in [0.25, 0.3) is 11.8 Å². The Balaban J connectivity index is 1.71. The Morgan fingerprint density at radius 1 is 1.20 bits per heavy atom. The maximum atomic E-state index is 13.0. The summed E-state index contributed by atoms with van der Waals surface area (Å²) in [4.78, 5) is 27.2. The summed E-state index contributed by atoms with van der Waals surface area (Å²) in [7, 11) is 4.62. The quantitative estimate of drug-likeness (QED) is 0.767. The van der Waals surface area contributed by atoms with Crippen LogP contribution < -0.4 is 24.3 Å². The number of hydrogen-bond donors (Lipinski definition) is 2. The Kier molecular flexibility index (Phi) is 5.03. The van der Waals surface area contributed by atoms with Crippen LogP contribution in [-0.2, 0) is 13.0 Å². The lowest BCUT2D eigenvalue weighted by molar-refractivity contribution is 0.0776. The fourth-order valence-electron chi connectivity index (χ4n) is 3.82. The zero-order chi connectivity index (χ0) is 21.4. The van der Waals surface area contributed by atoms with Gasteiger partial charge in [0.05, 0.1) is 19.8 Å². The highest BCUT2D eigenvalue weighted by Crippen LogP contribution is 2.49. The number of phenolic OH excluding ortho intramolecular Hbond substituents is 1. The molecule has 2 aromatic carbocycles. The third-order valence-electron chi connectivity index (χ3n) is 5.34. The molecule has 2 aliphatic rings. The molecule has 0 aromatic heterocycles. The van der Waals surface area contributed by atoms with Crippen LogP contribution >= 0.6 is 0 Å². The number of carbonyl (C=O) groups excluding carboxylic acids is 2. The predicted octanol–water partition coefficient (Wildman–Crippen LogP) is 1.70. The molecule has 0 saturated carbocycles. The van der Waals surface area contributed by atoms with Crippen LogP contribution in [-0.4, -0.2) is 56.4 Å². The van der Waals surface area contributed by atoms with Crippen molar-refractivity contribution >= 4 is 11.8 Å². The molecule has 4 rings (SSSR count). The smallest absolute Gasteiger partial charge is 0.259 e. The summed E-state index contributed by atoms with van der Waals surface area (Å²) in [5.74, 6) is 0.286. The molecular weight excluding hydrogens is 392 g/mol. The molecular formula is C21H22N2O7. The van der Waals surface area contributed by atoms with Gasteiger partial charge < -0.3 is 34.3 Å². The van der Waals surface area contributed by atoms with E-state index in [1.807, 2.05) is 0 Å². The Hall–Kier alpha value is -3.62. The van der Waals surface area contributed by atoms with Gasteiger partial charge in [-0.15, -0.1) is 0 Å².